The van der Waals surface area contributed by atoms with Crippen LogP contribution < -0.4 is 5.32 Å². The molecule has 0 atom stereocenters. The normalized spacial score (nSPS) is 9.76. The van der Waals surface area contributed by atoms with E-state index in [2.05, 4.69) is 22.3 Å². The van der Waals surface area contributed by atoms with Gasteiger partial charge in [0, 0.05) is 18.0 Å². The van der Waals surface area contributed by atoms with Crippen LogP contribution in [0.3, 0.4) is 0 Å². The van der Waals surface area contributed by atoms with Crippen molar-refractivity contribution in [1.82, 2.24) is 15.1 Å². The molecule has 1 heterocycles. The maximum Gasteiger partial charge on any atom is 0.408 e. The van der Waals surface area contributed by atoms with E-state index in [-0.39, 0.29) is 13.2 Å². The number of nitrogens with one attached hydrogen (secondary N) is 1. The van der Waals surface area contributed by atoms with Crippen LogP contribution in [0.15, 0.2) is 73.1 Å². The van der Waals surface area contributed by atoms with Crippen LogP contribution in [-0.2, 0) is 11.3 Å². The van der Waals surface area contributed by atoms with Gasteiger partial charge < -0.3 is 10.1 Å². The van der Waals surface area contributed by atoms with Crippen molar-refractivity contribution in [2.75, 3.05) is 6.54 Å². The summed E-state index contributed by atoms with van der Waals surface area (Å²) in [5.74, 6) is 5.90. The summed E-state index contributed by atoms with van der Waals surface area (Å²) in [5.41, 5.74) is 2.79. The molecule has 0 spiro atoms. The first kappa shape index (κ1) is 16.3. The Hall–Kier alpha value is -3.52. The van der Waals surface area contributed by atoms with Crippen molar-refractivity contribution in [2.45, 2.75) is 6.61 Å². The minimum Gasteiger partial charge on any atom is -0.445 e. The van der Waals surface area contributed by atoms with E-state index in [1.165, 1.54) is 0 Å². The second kappa shape index (κ2) is 8.37. The van der Waals surface area contributed by atoms with Gasteiger partial charge >= 0.3 is 6.09 Å². The fraction of sp³-hybridized carbons (Fsp3) is 0.100. The van der Waals surface area contributed by atoms with E-state index in [0.717, 1.165) is 16.8 Å². The average Bonchev–Trinajstić information content (AvgIpc) is 3.20. The van der Waals surface area contributed by atoms with Gasteiger partial charge in [-0.2, -0.15) is 5.10 Å². The van der Waals surface area contributed by atoms with Gasteiger partial charge in [0.05, 0.1) is 12.2 Å². The molecule has 3 aromatic rings. The molecule has 124 valence electrons. The van der Waals surface area contributed by atoms with Crippen molar-refractivity contribution in [2.24, 2.45) is 0 Å². The largest absolute Gasteiger partial charge is 0.445 e. The van der Waals surface area contributed by atoms with Crippen molar-refractivity contribution < 1.29 is 9.53 Å². The predicted molar refractivity (Wildman–Crippen MR) is 95.1 cm³/mol. The molecule has 0 aliphatic rings. The molecule has 0 aliphatic heterocycles. The summed E-state index contributed by atoms with van der Waals surface area (Å²) < 4.78 is 6.89. The smallest absolute Gasteiger partial charge is 0.408 e. The fourth-order valence-corrected chi connectivity index (χ4v) is 2.16. The van der Waals surface area contributed by atoms with Crippen molar-refractivity contribution in [3.05, 3.63) is 84.2 Å². The molecule has 1 aromatic heterocycles. The Morgan fingerprint density at radius 1 is 1.08 bits per heavy atom. The summed E-state index contributed by atoms with van der Waals surface area (Å²) >= 11 is 0. The quantitative estimate of drug-likeness (QED) is 0.747. The third-order valence-corrected chi connectivity index (χ3v) is 3.40. The number of hydrogen-bond donors (Lipinski definition) is 1. The number of amides is 1. The molecule has 3 rings (SSSR count). The Morgan fingerprint density at radius 3 is 2.60 bits per heavy atom. The molecule has 0 aliphatic carbocycles. The molecule has 5 heteroatoms. The van der Waals surface area contributed by atoms with Crippen LogP contribution in [0.25, 0.3) is 5.69 Å². The molecule has 5 nitrogen and oxygen atoms in total. The minimum atomic E-state index is -0.479. The van der Waals surface area contributed by atoms with Crippen LogP contribution in [0.2, 0.25) is 0 Å². The lowest BCUT2D eigenvalue weighted by atomic mass is 10.2. The lowest BCUT2D eigenvalue weighted by molar-refractivity contribution is 0.141. The van der Waals surface area contributed by atoms with Crippen LogP contribution in [0.1, 0.15) is 11.1 Å². The average molecular weight is 331 g/mol. The minimum absolute atomic E-state index is 0.231. The lowest BCUT2D eigenvalue weighted by Crippen LogP contribution is -2.24. The Bertz CT molecular complexity index is 861. The van der Waals surface area contributed by atoms with Crippen LogP contribution >= 0.6 is 0 Å². The topological polar surface area (TPSA) is 56.2 Å². The summed E-state index contributed by atoms with van der Waals surface area (Å²) in [7, 11) is 0. The molecular weight excluding hydrogens is 314 g/mol. The van der Waals surface area contributed by atoms with E-state index in [1.54, 1.807) is 10.9 Å². The molecule has 0 bridgehead atoms. The highest BCUT2D eigenvalue weighted by atomic mass is 16.5. The number of benzene rings is 2. The highest BCUT2D eigenvalue weighted by molar-refractivity contribution is 5.67. The number of aromatic nitrogens is 2. The number of nitrogens with zero attached hydrogens (tertiary/aromatic N) is 2. The Labute approximate surface area is 146 Å². The number of alkyl carbamates (subject to hydrolysis) is 1. The van der Waals surface area contributed by atoms with Gasteiger partial charge in [-0.1, -0.05) is 42.2 Å². The fourth-order valence-electron chi connectivity index (χ4n) is 2.16. The summed E-state index contributed by atoms with van der Waals surface area (Å²) in [6, 6.07) is 19.1. The Balaban J connectivity index is 1.44. The Morgan fingerprint density at radius 2 is 1.88 bits per heavy atom. The molecule has 0 saturated carbocycles. The number of carbonyl (C=O) groups is 1. The van der Waals surface area contributed by atoms with Gasteiger partial charge in [-0.25, -0.2) is 9.48 Å². The number of hydrogen-bond acceptors (Lipinski definition) is 3. The first-order chi connectivity index (χ1) is 12.3. The zero-order valence-electron chi connectivity index (χ0n) is 13.6. The van der Waals surface area contributed by atoms with Crippen LogP contribution in [0.4, 0.5) is 4.79 Å². The first-order valence-corrected chi connectivity index (χ1v) is 7.85. The van der Waals surface area contributed by atoms with Crippen molar-refractivity contribution in [1.29, 1.82) is 0 Å². The standard InChI is InChI=1S/C20H17N3O2/c24-20(25-16-18-6-2-1-3-7-18)21-13-4-8-17-9-11-19(12-10-17)23-15-5-14-22-23/h1-3,5-7,9-12,14-15H,13,16H2,(H,21,24). The molecule has 0 fully saturated rings. The van der Waals surface area contributed by atoms with Crippen molar-refractivity contribution >= 4 is 6.09 Å². The highest BCUT2D eigenvalue weighted by Gasteiger charge is 2.00. The third-order valence-electron chi connectivity index (χ3n) is 3.40. The maximum atomic E-state index is 11.6. The zero-order valence-corrected chi connectivity index (χ0v) is 13.6. The molecule has 0 unspecified atom stereocenters. The van der Waals surface area contributed by atoms with Crippen LogP contribution in [-0.4, -0.2) is 22.4 Å². The van der Waals surface area contributed by atoms with E-state index in [1.807, 2.05) is 66.9 Å². The monoisotopic (exact) mass is 331 g/mol. The van der Waals surface area contributed by atoms with Gasteiger partial charge in [-0.3, -0.25) is 0 Å². The van der Waals surface area contributed by atoms with E-state index in [0.29, 0.717) is 0 Å². The number of carbonyl (C=O) groups excluding carboxylic acids is 1. The molecule has 25 heavy (non-hydrogen) atoms. The molecule has 1 N–H and O–H groups in total. The summed E-state index contributed by atoms with van der Waals surface area (Å²) in [6.07, 6.45) is 3.13. The summed E-state index contributed by atoms with van der Waals surface area (Å²) in [4.78, 5) is 11.6. The lowest BCUT2D eigenvalue weighted by Gasteiger charge is -2.04. The first-order valence-electron chi connectivity index (χ1n) is 7.85. The van der Waals surface area contributed by atoms with Crippen LogP contribution in [0, 0.1) is 11.8 Å². The Kier molecular flexibility index (Phi) is 5.47. The van der Waals surface area contributed by atoms with Gasteiger partial charge in [-0.15, -0.1) is 0 Å². The molecule has 0 radical (unpaired) electrons. The predicted octanol–water partition coefficient (Wildman–Crippen LogP) is 3.15. The summed E-state index contributed by atoms with van der Waals surface area (Å²) in [5, 5.41) is 6.78. The van der Waals surface area contributed by atoms with Crippen molar-refractivity contribution in [3.8, 4) is 17.5 Å². The maximum absolute atomic E-state index is 11.6. The van der Waals surface area contributed by atoms with Gasteiger partial charge in [-0.05, 0) is 35.9 Å². The second-order valence-corrected chi connectivity index (χ2v) is 5.21. The second-order valence-electron chi connectivity index (χ2n) is 5.21. The third kappa shape index (κ3) is 4.98. The van der Waals surface area contributed by atoms with Crippen molar-refractivity contribution in [3.63, 3.8) is 0 Å². The van der Waals surface area contributed by atoms with Crippen LogP contribution in [0.5, 0.6) is 0 Å². The summed E-state index contributed by atoms with van der Waals surface area (Å²) in [6.45, 7) is 0.476. The number of ether oxygens (including phenoxy) is 1. The van der Waals surface area contributed by atoms with E-state index in [4.69, 9.17) is 4.74 Å². The zero-order chi connectivity index (χ0) is 17.3. The van der Waals surface area contributed by atoms with Gasteiger partial charge in [0.15, 0.2) is 0 Å². The van der Waals surface area contributed by atoms with Gasteiger partial charge in [0.2, 0.25) is 0 Å². The molecular formula is C20H17N3O2. The van der Waals surface area contributed by atoms with E-state index >= 15 is 0 Å². The molecule has 0 saturated heterocycles. The van der Waals surface area contributed by atoms with Gasteiger partial charge in [0.1, 0.15) is 6.61 Å². The van der Waals surface area contributed by atoms with Gasteiger partial charge in [0.25, 0.3) is 0 Å². The number of rotatable bonds is 4. The highest BCUT2D eigenvalue weighted by Crippen LogP contribution is 2.07. The SMILES string of the molecule is O=C(NCC#Cc1ccc(-n2cccn2)cc1)OCc1ccccc1. The van der Waals surface area contributed by atoms with E-state index in [9.17, 15) is 4.79 Å². The molecule has 1 amide bonds. The molecule has 2 aromatic carbocycles. The van der Waals surface area contributed by atoms with E-state index < -0.39 is 6.09 Å².